The van der Waals surface area contributed by atoms with Crippen LogP contribution >= 0.6 is 0 Å². The largest absolute Gasteiger partial charge is 0.378 e. The lowest BCUT2D eigenvalue weighted by molar-refractivity contribution is -0.130. The SMILES string of the molecule is CC(C)CN1CCC(NC(=O)C(O)c2ccccc2)CC1. The Morgan fingerprint density at radius 3 is 2.48 bits per heavy atom. The van der Waals surface area contributed by atoms with Crippen molar-refractivity contribution in [2.24, 2.45) is 5.92 Å². The van der Waals surface area contributed by atoms with E-state index in [1.54, 1.807) is 12.1 Å². The normalized spacial score (nSPS) is 18.7. The number of rotatable bonds is 5. The van der Waals surface area contributed by atoms with Crippen LogP contribution in [0.1, 0.15) is 38.4 Å². The van der Waals surface area contributed by atoms with E-state index >= 15 is 0 Å². The van der Waals surface area contributed by atoms with Crippen molar-refractivity contribution in [3.63, 3.8) is 0 Å². The Labute approximate surface area is 127 Å². The van der Waals surface area contributed by atoms with Crippen LogP contribution in [0.4, 0.5) is 0 Å². The van der Waals surface area contributed by atoms with Crippen LogP contribution in [0.25, 0.3) is 0 Å². The number of hydrogen-bond acceptors (Lipinski definition) is 3. The summed E-state index contributed by atoms with van der Waals surface area (Å²) in [6.07, 6.45) is 0.847. The zero-order valence-corrected chi connectivity index (χ0v) is 13.0. The molecule has 1 aliphatic heterocycles. The van der Waals surface area contributed by atoms with Crippen LogP contribution in [0.3, 0.4) is 0 Å². The maximum Gasteiger partial charge on any atom is 0.253 e. The van der Waals surface area contributed by atoms with Gasteiger partial charge in [0.15, 0.2) is 6.10 Å². The molecule has 1 aromatic rings. The van der Waals surface area contributed by atoms with E-state index in [0.29, 0.717) is 11.5 Å². The summed E-state index contributed by atoms with van der Waals surface area (Å²) >= 11 is 0. The molecule has 0 saturated carbocycles. The van der Waals surface area contributed by atoms with Crippen molar-refractivity contribution in [1.29, 1.82) is 0 Å². The molecule has 4 nitrogen and oxygen atoms in total. The minimum Gasteiger partial charge on any atom is -0.378 e. The standard InChI is InChI=1S/C17H26N2O2/c1-13(2)12-19-10-8-15(9-11-19)18-17(21)16(20)14-6-4-3-5-7-14/h3-7,13,15-16,20H,8-12H2,1-2H3,(H,18,21). The fourth-order valence-electron chi connectivity index (χ4n) is 2.84. The van der Waals surface area contributed by atoms with E-state index < -0.39 is 6.10 Å². The molecule has 1 fully saturated rings. The Morgan fingerprint density at radius 1 is 1.29 bits per heavy atom. The van der Waals surface area contributed by atoms with Gasteiger partial charge in [0.1, 0.15) is 0 Å². The molecule has 0 aliphatic carbocycles. The van der Waals surface area contributed by atoms with Gasteiger partial charge in [-0.15, -0.1) is 0 Å². The zero-order chi connectivity index (χ0) is 15.2. The molecule has 1 aromatic carbocycles. The number of carbonyl (C=O) groups excluding carboxylic acids is 1. The van der Waals surface area contributed by atoms with Crippen molar-refractivity contribution >= 4 is 5.91 Å². The summed E-state index contributed by atoms with van der Waals surface area (Å²) < 4.78 is 0. The monoisotopic (exact) mass is 290 g/mol. The lowest BCUT2D eigenvalue weighted by Crippen LogP contribution is -2.46. The second kappa shape index (κ2) is 7.57. The number of aliphatic hydroxyl groups is 1. The average Bonchev–Trinajstić information content (AvgIpc) is 2.49. The Hall–Kier alpha value is -1.39. The third-order valence-corrected chi connectivity index (χ3v) is 3.92. The molecule has 0 aromatic heterocycles. The summed E-state index contributed by atoms with van der Waals surface area (Å²) in [4.78, 5) is 14.5. The van der Waals surface area contributed by atoms with Gasteiger partial charge in [0.25, 0.3) is 5.91 Å². The summed E-state index contributed by atoms with van der Waals surface area (Å²) in [6, 6.07) is 9.26. The van der Waals surface area contributed by atoms with Gasteiger partial charge in [-0.05, 0) is 24.3 Å². The molecule has 0 bridgehead atoms. The van der Waals surface area contributed by atoms with E-state index in [0.717, 1.165) is 32.5 Å². The van der Waals surface area contributed by atoms with Gasteiger partial charge in [-0.25, -0.2) is 0 Å². The van der Waals surface area contributed by atoms with E-state index in [1.807, 2.05) is 18.2 Å². The summed E-state index contributed by atoms with van der Waals surface area (Å²) in [6.45, 7) is 7.61. The van der Waals surface area contributed by atoms with Crippen molar-refractivity contribution in [2.75, 3.05) is 19.6 Å². The molecule has 2 N–H and O–H groups in total. The first kappa shape index (κ1) is 16.0. The molecule has 21 heavy (non-hydrogen) atoms. The number of nitrogens with one attached hydrogen (secondary N) is 1. The van der Waals surface area contributed by atoms with Gasteiger partial charge in [0.05, 0.1) is 0 Å². The second-order valence-electron chi connectivity index (χ2n) is 6.29. The smallest absolute Gasteiger partial charge is 0.253 e. The Bertz CT molecular complexity index is 439. The quantitative estimate of drug-likeness (QED) is 0.871. The van der Waals surface area contributed by atoms with E-state index in [4.69, 9.17) is 0 Å². The average molecular weight is 290 g/mol. The number of hydrogen-bond donors (Lipinski definition) is 2. The van der Waals surface area contributed by atoms with Crippen molar-refractivity contribution in [2.45, 2.75) is 38.8 Å². The highest BCUT2D eigenvalue weighted by Crippen LogP contribution is 2.15. The predicted octanol–water partition coefficient (Wildman–Crippen LogP) is 1.96. The van der Waals surface area contributed by atoms with E-state index in [2.05, 4.69) is 24.1 Å². The number of benzene rings is 1. The third-order valence-electron chi connectivity index (χ3n) is 3.92. The summed E-state index contributed by atoms with van der Waals surface area (Å²) in [5.41, 5.74) is 0.646. The molecular weight excluding hydrogens is 264 g/mol. The minimum absolute atomic E-state index is 0.180. The van der Waals surface area contributed by atoms with Crippen LogP contribution in [-0.2, 0) is 4.79 Å². The number of aliphatic hydroxyl groups excluding tert-OH is 1. The molecular formula is C17H26N2O2. The molecule has 1 unspecified atom stereocenters. The van der Waals surface area contributed by atoms with Gasteiger partial charge in [-0.3, -0.25) is 4.79 Å². The first-order chi connectivity index (χ1) is 10.1. The van der Waals surface area contributed by atoms with Crippen LogP contribution in [-0.4, -0.2) is 41.6 Å². The Balaban J connectivity index is 1.79. The highest BCUT2D eigenvalue weighted by atomic mass is 16.3. The van der Waals surface area contributed by atoms with Crippen molar-refractivity contribution in [3.8, 4) is 0 Å². The fourth-order valence-corrected chi connectivity index (χ4v) is 2.84. The predicted molar refractivity (Wildman–Crippen MR) is 83.8 cm³/mol. The van der Waals surface area contributed by atoms with E-state index in [9.17, 15) is 9.90 Å². The topological polar surface area (TPSA) is 52.6 Å². The summed E-state index contributed by atoms with van der Waals surface area (Å²) in [7, 11) is 0. The maximum atomic E-state index is 12.1. The number of carbonyl (C=O) groups is 1. The molecule has 1 atom stereocenters. The number of nitrogens with zero attached hydrogens (tertiary/aromatic N) is 1. The van der Waals surface area contributed by atoms with Crippen LogP contribution in [0, 0.1) is 5.92 Å². The minimum atomic E-state index is -1.07. The first-order valence-electron chi connectivity index (χ1n) is 7.82. The van der Waals surface area contributed by atoms with Crippen molar-refractivity contribution in [3.05, 3.63) is 35.9 Å². The van der Waals surface area contributed by atoms with Gasteiger partial charge in [0, 0.05) is 25.7 Å². The van der Waals surface area contributed by atoms with Gasteiger partial charge in [-0.1, -0.05) is 44.2 Å². The highest BCUT2D eigenvalue weighted by molar-refractivity contribution is 5.82. The molecule has 1 heterocycles. The molecule has 1 saturated heterocycles. The summed E-state index contributed by atoms with van der Waals surface area (Å²) in [5.74, 6) is 0.388. The lowest BCUT2D eigenvalue weighted by Gasteiger charge is -2.33. The molecule has 2 rings (SSSR count). The van der Waals surface area contributed by atoms with E-state index in [1.165, 1.54) is 0 Å². The lowest BCUT2D eigenvalue weighted by atomic mass is 10.0. The van der Waals surface area contributed by atoms with Crippen LogP contribution in [0.2, 0.25) is 0 Å². The van der Waals surface area contributed by atoms with Crippen molar-refractivity contribution < 1.29 is 9.90 Å². The Kier molecular flexibility index (Phi) is 5.76. The molecule has 116 valence electrons. The summed E-state index contributed by atoms with van der Waals surface area (Å²) in [5, 5.41) is 13.0. The maximum absolute atomic E-state index is 12.1. The first-order valence-corrected chi connectivity index (χ1v) is 7.82. The zero-order valence-electron chi connectivity index (χ0n) is 13.0. The number of piperidine rings is 1. The van der Waals surface area contributed by atoms with Gasteiger partial charge in [0.2, 0.25) is 0 Å². The molecule has 0 spiro atoms. The second-order valence-corrected chi connectivity index (χ2v) is 6.29. The van der Waals surface area contributed by atoms with Crippen LogP contribution in [0.5, 0.6) is 0 Å². The highest BCUT2D eigenvalue weighted by Gasteiger charge is 2.24. The van der Waals surface area contributed by atoms with Gasteiger partial charge >= 0.3 is 0 Å². The van der Waals surface area contributed by atoms with Gasteiger partial charge in [-0.2, -0.15) is 0 Å². The van der Waals surface area contributed by atoms with E-state index in [-0.39, 0.29) is 11.9 Å². The number of amides is 1. The van der Waals surface area contributed by atoms with Crippen molar-refractivity contribution in [1.82, 2.24) is 10.2 Å². The molecule has 1 aliphatic rings. The molecule has 0 radical (unpaired) electrons. The van der Waals surface area contributed by atoms with Gasteiger partial charge < -0.3 is 15.3 Å². The van der Waals surface area contributed by atoms with Crippen LogP contribution in [0.15, 0.2) is 30.3 Å². The molecule has 1 amide bonds. The fraction of sp³-hybridized carbons (Fsp3) is 0.588. The Morgan fingerprint density at radius 2 is 1.90 bits per heavy atom. The third kappa shape index (κ3) is 4.83. The van der Waals surface area contributed by atoms with Crippen LogP contribution < -0.4 is 5.32 Å². The number of likely N-dealkylation sites (tertiary alicyclic amines) is 1. The molecule has 4 heteroatoms.